The predicted molar refractivity (Wildman–Crippen MR) is 118 cm³/mol. The fraction of sp³-hybridized carbons (Fsp3) is 0.217. The molecule has 9 heteroatoms. The summed E-state index contributed by atoms with van der Waals surface area (Å²) in [5.41, 5.74) is 2.72. The van der Waals surface area contributed by atoms with Crippen molar-refractivity contribution in [3.63, 3.8) is 0 Å². The number of hydrogen-bond donors (Lipinski definition) is 2. The van der Waals surface area contributed by atoms with Crippen molar-refractivity contribution in [2.45, 2.75) is 32.9 Å². The van der Waals surface area contributed by atoms with Gasteiger partial charge in [0.2, 0.25) is 5.95 Å². The van der Waals surface area contributed by atoms with Crippen molar-refractivity contribution in [3.8, 4) is 11.3 Å². The molecule has 164 valence electrons. The van der Waals surface area contributed by atoms with E-state index in [1.807, 2.05) is 39.0 Å². The lowest BCUT2D eigenvalue weighted by Gasteiger charge is -2.33. The normalized spacial score (nSPS) is 11.5. The zero-order valence-electron chi connectivity index (χ0n) is 17.9. The van der Waals surface area contributed by atoms with Crippen LogP contribution in [0.4, 0.5) is 10.7 Å². The van der Waals surface area contributed by atoms with Crippen molar-refractivity contribution in [2.24, 2.45) is 0 Å². The second kappa shape index (κ2) is 8.18. The van der Waals surface area contributed by atoms with Gasteiger partial charge in [-0.25, -0.2) is 9.31 Å². The Bertz CT molecular complexity index is 1270. The van der Waals surface area contributed by atoms with Crippen molar-refractivity contribution >= 4 is 23.6 Å². The number of amides is 2. The first kappa shape index (κ1) is 21.1. The van der Waals surface area contributed by atoms with E-state index in [1.54, 1.807) is 47.4 Å². The number of hydrogen-bond acceptors (Lipinski definition) is 5. The summed E-state index contributed by atoms with van der Waals surface area (Å²) < 4.78 is 6.78. The number of anilines is 1. The molecule has 4 rings (SSSR count). The predicted octanol–water partition coefficient (Wildman–Crippen LogP) is 4.52. The number of furan rings is 1. The Morgan fingerprint density at radius 3 is 2.62 bits per heavy atom. The number of fused-ring (bicyclic) bond motifs is 1. The average molecular weight is 433 g/mol. The Morgan fingerprint density at radius 1 is 1.16 bits per heavy atom. The summed E-state index contributed by atoms with van der Waals surface area (Å²) in [6, 6.07) is 14.2. The summed E-state index contributed by atoms with van der Waals surface area (Å²) in [7, 11) is 0. The van der Waals surface area contributed by atoms with Gasteiger partial charge in [0, 0.05) is 23.2 Å². The molecule has 0 spiro atoms. The number of rotatable bonds is 5. The molecule has 0 aliphatic heterocycles. The van der Waals surface area contributed by atoms with Crippen LogP contribution in [0.25, 0.3) is 16.9 Å². The second-order valence-corrected chi connectivity index (χ2v) is 8.32. The van der Waals surface area contributed by atoms with Gasteiger partial charge in [0.1, 0.15) is 0 Å². The molecule has 4 aromatic rings. The van der Waals surface area contributed by atoms with Gasteiger partial charge in [-0.15, -0.1) is 5.10 Å². The van der Waals surface area contributed by atoms with Crippen LogP contribution in [0.15, 0.2) is 65.5 Å². The minimum atomic E-state index is -1.02. The van der Waals surface area contributed by atoms with Crippen LogP contribution in [0, 0.1) is 0 Å². The van der Waals surface area contributed by atoms with Crippen LogP contribution >= 0.6 is 0 Å². The number of carbonyl (C=O) groups is 2. The van der Waals surface area contributed by atoms with Gasteiger partial charge in [-0.2, -0.15) is 4.98 Å². The van der Waals surface area contributed by atoms with Gasteiger partial charge in [0.15, 0.2) is 5.65 Å². The number of carboxylic acid groups (broad SMARTS) is 1. The van der Waals surface area contributed by atoms with E-state index in [1.165, 1.54) is 4.90 Å². The van der Waals surface area contributed by atoms with Gasteiger partial charge in [-0.1, -0.05) is 18.2 Å². The largest absolute Gasteiger partial charge is 0.472 e. The highest BCUT2D eigenvalue weighted by Crippen LogP contribution is 2.22. The lowest BCUT2D eigenvalue weighted by molar-refractivity contribution is 0.0955. The van der Waals surface area contributed by atoms with Crippen molar-refractivity contribution < 1.29 is 19.1 Å². The van der Waals surface area contributed by atoms with E-state index in [2.05, 4.69) is 15.4 Å². The Hall–Kier alpha value is -4.14. The molecule has 0 saturated heterocycles. The number of nitrogens with zero attached hydrogens (tertiary/aromatic N) is 4. The smallest absolute Gasteiger partial charge is 0.408 e. The molecule has 9 nitrogen and oxygen atoms in total. The van der Waals surface area contributed by atoms with Crippen molar-refractivity contribution in [1.82, 2.24) is 19.5 Å². The van der Waals surface area contributed by atoms with Gasteiger partial charge < -0.3 is 9.52 Å². The maximum Gasteiger partial charge on any atom is 0.408 e. The first-order chi connectivity index (χ1) is 15.2. The Balaban J connectivity index is 1.56. The van der Waals surface area contributed by atoms with Gasteiger partial charge in [-0.05, 0) is 56.7 Å². The van der Waals surface area contributed by atoms with E-state index in [9.17, 15) is 14.7 Å². The summed E-state index contributed by atoms with van der Waals surface area (Å²) in [5.74, 6) is -0.219. The number of carbonyl (C=O) groups excluding carboxylic acids is 1. The molecule has 1 aromatic carbocycles. The van der Waals surface area contributed by atoms with Crippen LogP contribution in [0.3, 0.4) is 0 Å². The first-order valence-corrected chi connectivity index (χ1v) is 10.0. The van der Waals surface area contributed by atoms with Gasteiger partial charge in [0.05, 0.1) is 18.2 Å². The van der Waals surface area contributed by atoms with E-state index in [0.29, 0.717) is 16.8 Å². The van der Waals surface area contributed by atoms with Gasteiger partial charge >= 0.3 is 6.09 Å². The molecule has 0 aliphatic carbocycles. The number of benzene rings is 1. The van der Waals surface area contributed by atoms with E-state index >= 15 is 0 Å². The van der Waals surface area contributed by atoms with E-state index in [-0.39, 0.29) is 18.4 Å². The minimum Gasteiger partial charge on any atom is -0.472 e. The lowest BCUT2D eigenvalue weighted by Crippen LogP contribution is -2.44. The molecule has 2 amide bonds. The molecule has 0 atom stereocenters. The van der Waals surface area contributed by atoms with Crippen LogP contribution < -0.4 is 5.32 Å². The maximum absolute atomic E-state index is 12.8. The average Bonchev–Trinajstić information content (AvgIpc) is 3.40. The van der Waals surface area contributed by atoms with Crippen LogP contribution in [-0.2, 0) is 6.54 Å². The number of pyridine rings is 1. The van der Waals surface area contributed by atoms with Crippen molar-refractivity contribution in [2.75, 3.05) is 5.32 Å². The highest BCUT2D eigenvalue weighted by atomic mass is 16.4. The molecule has 2 N–H and O–H groups in total. The lowest BCUT2D eigenvalue weighted by atomic mass is 10.0. The molecular formula is C23H23N5O4. The van der Waals surface area contributed by atoms with Gasteiger partial charge in [0.25, 0.3) is 5.91 Å². The number of aromatic nitrogens is 3. The summed E-state index contributed by atoms with van der Waals surface area (Å²) in [6.45, 7) is 5.64. The Labute approximate surface area is 184 Å². The maximum atomic E-state index is 12.8. The van der Waals surface area contributed by atoms with Crippen molar-refractivity contribution in [3.05, 3.63) is 72.2 Å². The summed E-state index contributed by atoms with van der Waals surface area (Å²) >= 11 is 0. The zero-order chi connectivity index (χ0) is 22.9. The fourth-order valence-corrected chi connectivity index (χ4v) is 3.35. The summed E-state index contributed by atoms with van der Waals surface area (Å²) in [4.78, 5) is 30.2. The van der Waals surface area contributed by atoms with Crippen LogP contribution in [-0.4, -0.2) is 42.1 Å². The molecule has 0 radical (unpaired) electrons. The van der Waals surface area contributed by atoms with E-state index in [0.717, 1.165) is 11.3 Å². The Morgan fingerprint density at radius 2 is 1.94 bits per heavy atom. The third-order valence-electron chi connectivity index (χ3n) is 4.97. The molecule has 0 fully saturated rings. The van der Waals surface area contributed by atoms with Crippen molar-refractivity contribution in [1.29, 1.82) is 0 Å². The quantitative estimate of drug-likeness (QED) is 0.478. The topological polar surface area (TPSA) is 113 Å². The van der Waals surface area contributed by atoms with Gasteiger partial charge in [-0.3, -0.25) is 15.0 Å². The van der Waals surface area contributed by atoms with Crippen LogP contribution in [0.1, 0.15) is 36.7 Å². The molecule has 3 aromatic heterocycles. The molecule has 0 saturated carbocycles. The highest BCUT2D eigenvalue weighted by Gasteiger charge is 2.26. The second-order valence-electron chi connectivity index (χ2n) is 8.32. The van der Waals surface area contributed by atoms with E-state index < -0.39 is 11.6 Å². The molecular weight excluding hydrogens is 410 g/mol. The Kier molecular flexibility index (Phi) is 5.40. The fourth-order valence-electron chi connectivity index (χ4n) is 3.35. The molecule has 32 heavy (non-hydrogen) atoms. The summed E-state index contributed by atoms with van der Waals surface area (Å²) in [5, 5.41) is 16.7. The third-order valence-corrected chi connectivity index (χ3v) is 4.97. The minimum absolute atomic E-state index is 0.165. The monoisotopic (exact) mass is 433 g/mol. The molecule has 3 heterocycles. The van der Waals surface area contributed by atoms with E-state index in [4.69, 9.17) is 4.42 Å². The highest BCUT2D eigenvalue weighted by molar-refractivity contribution is 6.03. The molecule has 0 bridgehead atoms. The molecule has 0 unspecified atom stereocenters. The van der Waals surface area contributed by atoms with Crippen LogP contribution in [0.2, 0.25) is 0 Å². The zero-order valence-corrected chi connectivity index (χ0v) is 17.9. The standard InChI is InChI=1S/C23H23N5O4/c1-23(2,3)27(22(30)31)13-15-6-4-7-16(12-15)20(29)25-21-24-19-9-5-8-18(28(19)26-21)17-10-11-32-14-17/h4-12,14H,13H2,1-3H3,(H,30,31)(H,25,26,29). The first-order valence-electron chi connectivity index (χ1n) is 10.0. The molecule has 0 aliphatic rings. The number of nitrogens with one attached hydrogen (secondary N) is 1. The van der Waals surface area contributed by atoms with Crippen LogP contribution in [0.5, 0.6) is 0 Å². The third kappa shape index (κ3) is 4.31. The SMILES string of the molecule is CC(C)(C)N(Cc1cccc(C(=O)Nc2nc3cccc(-c4ccoc4)n3n2)c1)C(=O)O. The summed E-state index contributed by atoms with van der Waals surface area (Å²) in [6.07, 6.45) is 2.17.